The summed E-state index contributed by atoms with van der Waals surface area (Å²) in [5, 5.41) is 19.3. The predicted molar refractivity (Wildman–Crippen MR) is 120 cm³/mol. The first-order valence-corrected chi connectivity index (χ1v) is 10.3. The molecule has 2 aliphatic heterocycles. The number of amidine groups is 1. The maximum atomic E-state index is 10.6. The van der Waals surface area contributed by atoms with Gasteiger partial charge in [0.1, 0.15) is 23.2 Å². The Morgan fingerprint density at radius 2 is 1.77 bits per heavy atom. The highest BCUT2D eigenvalue weighted by atomic mass is 16.5. The fourth-order valence-corrected chi connectivity index (χ4v) is 4.28. The van der Waals surface area contributed by atoms with Crippen LogP contribution in [0.5, 0.6) is 5.75 Å². The number of rotatable bonds is 4. The molecule has 5 rings (SSSR count). The molecule has 0 radical (unpaired) electrons. The van der Waals surface area contributed by atoms with Crippen molar-refractivity contribution in [2.45, 2.75) is 19.3 Å². The van der Waals surface area contributed by atoms with Gasteiger partial charge in [0.15, 0.2) is 0 Å². The molecule has 0 aliphatic carbocycles. The lowest BCUT2D eigenvalue weighted by Gasteiger charge is -2.29. The highest BCUT2D eigenvalue weighted by molar-refractivity contribution is 6.30. The van der Waals surface area contributed by atoms with E-state index in [4.69, 9.17) is 10.1 Å². The third kappa shape index (κ3) is 3.16. The van der Waals surface area contributed by atoms with E-state index in [-0.39, 0.29) is 18.1 Å². The van der Waals surface area contributed by atoms with Crippen molar-refractivity contribution in [1.82, 2.24) is 9.97 Å². The van der Waals surface area contributed by atoms with Crippen molar-refractivity contribution >= 4 is 33.8 Å². The van der Waals surface area contributed by atoms with Crippen molar-refractivity contribution in [3.8, 4) is 5.75 Å². The Balaban J connectivity index is 1.39. The number of ether oxygens (including phenoxy) is 1. The van der Waals surface area contributed by atoms with E-state index < -0.39 is 0 Å². The van der Waals surface area contributed by atoms with Gasteiger partial charge in [-0.25, -0.2) is 4.98 Å². The minimum absolute atomic E-state index is 0.145. The molecule has 1 aromatic heterocycles. The number of nitrogens with zero attached hydrogens (tertiary/aromatic N) is 3. The van der Waals surface area contributed by atoms with Crippen molar-refractivity contribution < 1.29 is 9.84 Å². The van der Waals surface area contributed by atoms with Crippen LogP contribution in [0.1, 0.15) is 25.1 Å². The maximum absolute atomic E-state index is 10.6. The molecule has 1 saturated heterocycles. The standard InChI is InChI=1S/C23H25N5O2/c1-30-17-9-10-18-19(13-17)26-23(25-18)21-20(29)14-28(22(21)24)16-7-5-15(6-8-16)27-11-3-2-4-12-27/h5-10,13,24,29H,2-4,11-12,14H2,1H3,(H,25,26). The third-order valence-electron chi connectivity index (χ3n) is 5.91. The summed E-state index contributed by atoms with van der Waals surface area (Å²) in [6, 6.07) is 13.8. The Bertz CT molecular complexity index is 1130. The second-order valence-corrected chi connectivity index (χ2v) is 7.79. The summed E-state index contributed by atoms with van der Waals surface area (Å²) < 4.78 is 5.26. The Hall–Kier alpha value is -3.48. The van der Waals surface area contributed by atoms with E-state index in [0.29, 0.717) is 11.4 Å². The summed E-state index contributed by atoms with van der Waals surface area (Å²) in [7, 11) is 1.62. The van der Waals surface area contributed by atoms with Gasteiger partial charge in [0, 0.05) is 30.5 Å². The van der Waals surface area contributed by atoms with Crippen LogP contribution in [-0.2, 0) is 0 Å². The van der Waals surface area contributed by atoms with Gasteiger partial charge >= 0.3 is 0 Å². The van der Waals surface area contributed by atoms with Crippen LogP contribution in [0, 0.1) is 5.41 Å². The largest absolute Gasteiger partial charge is 0.509 e. The smallest absolute Gasteiger partial charge is 0.145 e. The third-order valence-corrected chi connectivity index (χ3v) is 5.91. The zero-order valence-corrected chi connectivity index (χ0v) is 17.0. The lowest BCUT2D eigenvalue weighted by atomic mass is 10.1. The number of imidazole rings is 1. The summed E-state index contributed by atoms with van der Waals surface area (Å²) in [5.41, 5.74) is 4.11. The topological polar surface area (TPSA) is 88.5 Å². The molecule has 0 amide bonds. The summed E-state index contributed by atoms with van der Waals surface area (Å²) in [4.78, 5) is 12.0. The number of aliphatic hydroxyl groups excluding tert-OH is 1. The maximum Gasteiger partial charge on any atom is 0.145 e. The van der Waals surface area contributed by atoms with Gasteiger partial charge in [0.25, 0.3) is 0 Å². The number of methoxy groups -OCH3 is 1. The van der Waals surface area contributed by atoms with Gasteiger partial charge < -0.3 is 24.6 Å². The molecular formula is C23H25N5O2. The zero-order valence-electron chi connectivity index (χ0n) is 17.0. The molecule has 0 unspecified atom stereocenters. The van der Waals surface area contributed by atoms with Gasteiger partial charge in [0.2, 0.25) is 0 Å². The van der Waals surface area contributed by atoms with Crippen LogP contribution < -0.4 is 14.5 Å². The number of aromatic amines is 1. The molecule has 0 spiro atoms. The van der Waals surface area contributed by atoms with E-state index in [1.165, 1.54) is 24.9 Å². The van der Waals surface area contributed by atoms with Crippen molar-refractivity contribution in [1.29, 1.82) is 5.41 Å². The number of anilines is 2. The van der Waals surface area contributed by atoms with E-state index in [1.54, 1.807) is 12.0 Å². The molecule has 3 N–H and O–H groups in total. The lowest BCUT2D eigenvalue weighted by molar-refractivity contribution is 0.411. The number of nitrogens with one attached hydrogen (secondary N) is 2. The number of H-pyrrole nitrogens is 1. The second kappa shape index (κ2) is 7.40. The van der Waals surface area contributed by atoms with E-state index in [2.05, 4.69) is 27.0 Å². The van der Waals surface area contributed by atoms with Crippen LogP contribution in [0.15, 0.2) is 48.2 Å². The van der Waals surface area contributed by atoms with Crippen LogP contribution in [0.2, 0.25) is 0 Å². The first-order chi connectivity index (χ1) is 14.6. The van der Waals surface area contributed by atoms with Crippen LogP contribution in [-0.4, -0.2) is 47.7 Å². The minimum Gasteiger partial charge on any atom is -0.509 e. The zero-order chi connectivity index (χ0) is 20.7. The molecule has 154 valence electrons. The number of aromatic nitrogens is 2. The quantitative estimate of drug-likeness (QED) is 0.603. The number of hydrogen-bond acceptors (Lipinski definition) is 5. The van der Waals surface area contributed by atoms with Gasteiger partial charge in [-0.3, -0.25) is 5.41 Å². The van der Waals surface area contributed by atoms with Crippen molar-refractivity contribution in [2.24, 2.45) is 0 Å². The van der Waals surface area contributed by atoms with E-state index >= 15 is 0 Å². The summed E-state index contributed by atoms with van der Waals surface area (Å²) >= 11 is 0. The van der Waals surface area contributed by atoms with E-state index in [0.717, 1.165) is 35.6 Å². The van der Waals surface area contributed by atoms with Gasteiger partial charge in [-0.05, 0) is 55.7 Å². The monoisotopic (exact) mass is 403 g/mol. The number of fused-ring (bicyclic) bond motifs is 1. The van der Waals surface area contributed by atoms with E-state index in [1.807, 2.05) is 30.3 Å². The molecule has 2 aromatic carbocycles. The Kier molecular flexibility index (Phi) is 4.58. The molecule has 0 saturated carbocycles. The average Bonchev–Trinajstić information content (AvgIpc) is 3.33. The SMILES string of the molecule is COc1ccc2nc(C3=C(O)CN(c4ccc(N5CCCCC5)cc4)C3=N)[nH]c2c1. The number of aliphatic hydroxyl groups is 1. The molecule has 2 aliphatic rings. The summed E-state index contributed by atoms with van der Waals surface area (Å²) in [5.74, 6) is 1.61. The first kappa shape index (κ1) is 18.5. The molecule has 1 fully saturated rings. The fraction of sp³-hybridized carbons (Fsp3) is 0.304. The summed E-state index contributed by atoms with van der Waals surface area (Å²) in [6.45, 7) is 2.46. The highest BCUT2D eigenvalue weighted by Gasteiger charge is 2.31. The van der Waals surface area contributed by atoms with Crippen molar-refractivity contribution in [2.75, 3.05) is 36.5 Å². The molecule has 3 heterocycles. The average molecular weight is 403 g/mol. The highest BCUT2D eigenvalue weighted by Crippen LogP contribution is 2.32. The van der Waals surface area contributed by atoms with E-state index in [9.17, 15) is 5.11 Å². The van der Waals surface area contributed by atoms with Gasteiger partial charge in [0.05, 0.1) is 30.3 Å². The fourth-order valence-electron chi connectivity index (χ4n) is 4.28. The lowest BCUT2D eigenvalue weighted by Crippen LogP contribution is -2.29. The predicted octanol–water partition coefficient (Wildman–Crippen LogP) is 4.33. The first-order valence-electron chi connectivity index (χ1n) is 10.3. The van der Waals surface area contributed by atoms with Crippen molar-refractivity contribution in [3.63, 3.8) is 0 Å². The normalized spacial score (nSPS) is 17.3. The Morgan fingerprint density at radius 1 is 1.03 bits per heavy atom. The Labute approximate surface area is 175 Å². The molecule has 30 heavy (non-hydrogen) atoms. The number of piperidine rings is 1. The second-order valence-electron chi connectivity index (χ2n) is 7.79. The molecule has 7 nitrogen and oxygen atoms in total. The molecule has 0 atom stereocenters. The molecule has 3 aromatic rings. The summed E-state index contributed by atoms with van der Waals surface area (Å²) in [6.07, 6.45) is 3.79. The van der Waals surface area contributed by atoms with Crippen LogP contribution in [0.3, 0.4) is 0 Å². The van der Waals surface area contributed by atoms with Gasteiger partial charge in [-0.2, -0.15) is 0 Å². The van der Waals surface area contributed by atoms with Crippen LogP contribution >= 0.6 is 0 Å². The van der Waals surface area contributed by atoms with Gasteiger partial charge in [-0.1, -0.05) is 0 Å². The minimum atomic E-state index is 0.145. The molecule has 7 heteroatoms. The van der Waals surface area contributed by atoms with Crippen LogP contribution in [0.25, 0.3) is 16.6 Å². The van der Waals surface area contributed by atoms with Gasteiger partial charge in [-0.15, -0.1) is 0 Å². The Morgan fingerprint density at radius 3 is 2.50 bits per heavy atom. The van der Waals surface area contributed by atoms with Crippen molar-refractivity contribution in [3.05, 3.63) is 54.0 Å². The van der Waals surface area contributed by atoms with Crippen LogP contribution in [0.4, 0.5) is 11.4 Å². The molecular weight excluding hydrogens is 378 g/mol. The molecule has 0 bridgehead atoms. The number of hydrogen-bond donors (Lipinski definition) is 3. The number of benzene rings is 2.